The molecule has 0 spiro atoms. The monoisotopic (exact) mass is 403 g/mol. The summed E-state index contributed by atoms with van der Waals surface area (Å²) in [6.07, 6.45) is -0.0318. The van der Waals surface area contributed by atoms with Crippen LogP contribution in [0.3, 0.4) is 0 Å². The number of nitrogens with two attached hydrogens (primary N) is 1. The standard InChI is InChI=1S/C22H33N3O4/c1-13-10-14(23)11-15-16-12-24(19(26)28-21(2,3)4)9-8-17(16)25(18(13)15)20(27)29-22(5,6)7/h10-11,16-17H,8-9,12,23H2,1-7H3/t16-,17-/m0/s1. The number of amides is 2. The van der Waals surface area contributed by atoms with E-state index in [1.54, 1.807) is 9.80 Å². The van der Waals surface area contributed by atoms with Crippen molar-refractivity contribution in [3.63, 3.8) is 0 Å². The molecule has 2 amide bonds. The Kier molecular flexibility index (Phi) is 5.22. The molecule has 0 saturated carbocycles. The van der Waals surface area contributed by atoms with Crippen molar-refractivity contribution >= 4 is 23.6 Å². The molecule has 3 rings (SSSR count). The number of benzene rings is 1. The molecular formula is C22H33N3O4. The third-order valence-electron chi connectivity index (χ3n) is 5.14. The van der Waals surface area contributed by atoms with E-state index in [4.69, 9.17) is 15.2 Å². The van der Waals surface area contributed by atoms with Crippen LogP contribution in [0.4, 0.5) is 21.0 Å². The number of aryl methyl sites for hydroxylation is 1. The van der Waals surface area contributed by atoms with Gasteiger partial charge < -0.3 is 20.1 Å². The number of likely N-dealkylation sites (tertiary alicyclic amines) is 1. The summed E-state index contributed by atoms with van der Waals surface area (Å²) in [5, 5.41) is 0. The van der Waals surface area contributed by atoms with Crippen LogP contribution < -0.4 is 10.6 Å². The van der Waals surface area contributed by atoms with E-state index in [0.717, 1.165) is 16.8 Å². The maximum Gasteiger partial charge on any atom is 0.415 e. The molecule has 2 heterocycles. The molecule has 2 aliphatic rings. The van der Waals surface area contributed by atoms with Crippen LogP contribution in [0, 0.1) is 6.92 Å². The quantitative estimate of drug-likeness (QED) is 0.648. The van der Waals surface area contributed by atoms with Gasteiger partial charge in [-0.2, -0.15) is 0 Å². The molecule has 1 saturated heterocycles. The van der Waals surface area contributed by atoms with Gasteiger partial charge in [-0.05, 0) is 78.1 Å². The Morgan fingerprint density at radius 3 is 2.21 bits per heavy atom. The van der Waals surface area contributed by atoms with E-state index in [1.807, 2.05) is 60.6 Å². The molecule has 7 nitrogen and oxygen atoms in total. The Bertz CT molecular complexity index is 823. The zero-order valence-electron chi connectivity index (χ0n) is 18.5. The zero-order valence-corrected chi connectivity index (χ0v) is 18.5. The number of piperidine rings is 1. The number of nitrogens with zero attached hydrogens (tertiary/aromatic N) is 2. The van der Waals surface area contributed by atoms with Crippen molar-refractivity contribution in [3.8, 4) is 0 Å². The summed E-state index contributed by atoms with van der Waals surface area (Å²) in [6.45, 7) is 14.1. The van der Waals surface area contributed by atoms with Crippen molar-refractivity contribution in [2.75, 3.05) is 23.7 Å². The smallest absolute Gasteiger partial charge is 0.415 e. The highest BCUT2D eigenvalue weighted by Gasteiger charge is 2.47. The average molecular weight is 404 g/mol. The summed E-state index contributed by atoms with van der Waals surface area (Å²) in [5.41, 5.74) is 8.41. The van der Waals surface area contributed by atoms with Gasteiger partial charge in [-0.25, -0.2) is 9.59 Å². The maximum atomic E-state index is 13.1. The van der Waals surface area contributed by atoms with Gasteiger partial charge >= 0.3 is 12.2 Å². The highest BCUT2D eigenvalue weighted by Crippen LogP contribution is 2.48. The molecule has 7 heteroatoms. The summed E-state index contributed by atoms with van der Waals surface area (Å²) in [4.78, 5) is 29.2. The fourth-order valence-corrected chi connectivity index (χ4v) is 4.20. The van der Waals surface area contributed by atoms with E-state index >= 15 is 0 Å². The van der Waals surface area contributed by atoms with Gasteiger partial charge in [0.05, 0.1) is 11.7 Å². The number of hydrogen-bond donors (Lipinski definition) is 1. The third kappa shape index (κ3) is 4.43. The lowest BCUT2D eigenvalue weighted by Crippen LogP contribution is -2.51. The van der Waals surface area contributed by atoms with Gasteiger partial charge in [-0.1, -0.05) is 0 Å². The number of nitrogen functional groups attached to an aromatic ring is 1. The summed E-state index contributed by atoms with van der Waals surface area (Å²) in [6, 6.07) is 3.72. The van der Waals surface area contributed by atoms with E-state index in [1.165, 1.54) is 0 Å². The molecule has 1 aromatic rings. The van der Waals surface area contributed by atoms with Gasteiger partial charge in [0.2, 0.25) is 0 Å². The van der Waals surface area contributed by atoms with Crippen LogP contribution in [-0.4, -0.2) is 47.4 Å². The number of carbonyl (C=O) groups excluding carboxylic acids is 2. The molecule has 2 aliphatic heterocycles. The molecule has 0 aliphatic carbocycles. The molecule has 2 N–H and O–H groups in total. The van der Waals surface area contributed by atoms with Gasteiger partial charge in [0, 0.05) is 24.7 Å². The number of fused-ring (bicyclic) bond motifs is 3. The van der Waals surface area contributed by atoms with E-state index in [0.29, 0.717) is 25.2 Å². The predicted octanol–water partition coefficient (Wildman–Crippen LogP) is 4.43. The van der Waals surface area contributed by atoms with Crippen LogP contribution in [-0.2, 0) is 9.47 Å². The highest BCUT2D eigenvalue weighted by atomic mass is 16.6. The van der Waals surface area contributed by atoms with Crippen molar-refractivity contribution < 1.29 is 19.1 Å². The van der Waals surface area contributed by atoms with Crippen LogP contribution in [0.25, 0.3) is 0 Å². The molecule has 0 unspecified atom stereocenters. The minimum absolute atomic E-state index is 0.0269. The minimum atomic E-state index is -0.589. The Hall–Kier alpha value is -2.44. The molecule has 2 atom stereocenters. The largest absolute Gasteiger partial charge is 0.444 e. The number of anilines is 2. The van der Waals surface area contributed by atoms with Gasteiger partial charge in [0.25, 0.3) is 0 Å². The molecule has 0 radical (unpaired) electrons. The van der Waals surface area contributed by atoms with Crippen LogP contribution >= 0.6 is 0 Å². The fourth-order valence-electron chi connectivity index (χ4n) is 4.20. The average Bonchev–Trinajstić information content (AvgIpc) is 2.85. The molecular weight excluding hydrogens is 370 g/mol. The number of hydrogen-bond acceptors (Lipinski definition) is 5. The molecule has 1 aromatic carbocycles. The normalized spacial score (nSPS) is 21.5. The van der Waals surface area contributed by atoms with E-state index in [9.17, 15) is 9.59 Å². The Labute approximate surface area is 173 Å². The molecule has 160 valence electrons. The van der Waals surface area contributed by atoms with Crippen LogP contribution in [0.1, 0.15) is 65.0 Å². The molecule has 29 heavy (non-hydrogen) atoms. The van der Waals surface area contributed by atoms with Crippen LogP contribution in [0.5, 0.6) is 0 Å². The lowest BCUT2D eigenvalue weighted by Gasteiger charge is -2.38. The first kappa shape index (κ1) is 21.3. The van der Waals surface area contributed by atoms with E-state index in [2.05, 4.69) is 0 Å². The molecule has 0 aromatic heterocycles. The lowest BCUT2D eigenvalue weighted by atomic mass is 9.88. The van der Waals surface area contributed by atoms with Crippen molar-refractivity contribution in [3.05, 3.63) is 23.3 Å². The van der Waals surface area contributed by atoms with Crippen molar-refractivity contribution in [1.82, 2.24) is 4.90 Å². The van der Waals surface area contributed by atoms with E-state index < -0.39 is 11.2 Å². The summed E-state index contributed by atoms with van der Waals surface area (Å²) < 4.78 is 11.3. The number of ether oxygens (including phenoxy) is 2. The van der Waals surface area contributed by atoms with Gasteiger partial charge in [-0.3, -0.25) is 4.90 Å². The second-order valence-corrected chi connectivity index (χ2v) is 10.0. The number of rotatable bonds is 0. The first-order valence-corrected chi connectivity index (χ1v) is 10.2. The Morgan fingerprint density at radius 1 is 1.03 bits per heavy atom. The topological polar surface area (TPSA) is 85.1 Å². The first-order valence-electron chi connectivity index (χ1n) is 10.2. The van der Waals surface area contributed by atoms with Crippen molar-refractivity contribution in [2.24, 2.45) is 0 Å². The van der Waals surface area contributed by atoms with Crippen LogP contribution in [0.2, 0.25) is 0 Å². The number of carbonyl (C=O) groups is 2. The summed E-state index contributed by atoms with van der Waals surface area (Å²) in [5.74, 6) is -0.0269. The predicted molar refractivity (Wildman–Crippen MR) is 113 cm³/mol. The van der Waals surface area contributed by atoms with E-state index in [-0.39, 0.29) is 24.1 Å². The van der Waals surface area contributed by atoms with Gasteiger partial charge in [0.15, 0.2) is 0 Å². The second-order valence-electron chi connectivity index (χ2n) is 10.0. The highest BCUT2D eigenvalue weighted by molar-refractivity contribution is 5.94. The van der Waals surface area contributed by atoms with Crippen molar-refractivity contribution in [1.29, 1.82) is 0 Å². The van der Waals surface area contributed by atoms with Gasteiger partial charge in [0.1, 0.15) is 11.2 Å². The minimum Gasteiger partial charge on any atom is -0.444 e. The van der Waals surface area contributed by atoms with Crippen LogP contribution in [0.15, 0.2) is 12.1 Å². The fraction of sp³-hybridized carbons (Fsp3) is 0.636. The molecule has 0 bridgehead atoms. The SMILES string of the molecule is Cc1cc(N)cc2c1N(C(=O)OC(C)(C)C)[C@H]1CCN(C(=O)OC(C)(C)C)C[C@@H]21. The van der Waals surface area contributed by atoms with Crippen molar-refractivity contribution in [2.45, 2.75) is 78.0 Å². The maximum absolute atomic E-state index is 13.1. The molecule has 1 fully saturated rings. The third-order valence-corrected chi connectivity index (χ3v) is 5.14. The first-order chi connectivity index (χ1) is 13.3. The van der Waals surface area contributed by atoms with Gasteiger partial charge in [-0.15, -0.1) is 0 Å². The Balaban J connectivity index is 1.94. The lowest BCUT2D eigenvalue weighted by molar-refractivity contribution is 0.0185. The summed E-state index contributed by atoms with van der Waals surface area (Å²) in [7, 11) is 0. The zero-order chi connectivity index (χ0) is 21.7. The Morgan fingerprint density at radius 2 is 1.62 bits per heavy atom. The second kappa shape index (κ2) is 7.11. The summed E-state index contributed by atoms with van der Waals surface area (Å²) >= 11 is 0.